The molecule has 1 aliphatic heterocycles. The molecular formula is C21H31N3O4. The maximum Gasteiger partial charge on any atom is 0.184 e. The summed E-state index contributed by atoms with van der Waals surface area (Å²) < 4.78 is 13.3. The van der Waals surface area contributed by atoms with Crippen molar-refractivity contribution in [2.24, 2.45) is 0 Å². The Morgan fingerprint density at radius 1 is 1.18 bits per heavy atom. The van der Waals surface area contributed by atoms with Crippen molar-refractivity contribution in [1.82, 2.24) is 15.0 Å². The van der Waals surface area contributed by atoms with E-state index < -0.39 is 18.5 Å². The maximum absolute atomic E-state index is 10.0. The molecule has 1 unspecified atom stereocenters. The molecule has 7 nitrogen and oxygen atoms in total. The standard InChI is InChI=1S/C21H31N3O4/c1-15(27-21-20(26)13-19(25)16(2)28-21)9-5-4-8-12-24-14-18(22-23-24)17-10-6-3-7-11-17/h3,6-7,10-11,14-16,19-21,25-26H,4-5,8-9,12-13H2,1-2H3/t15-,16?,19-,20-,21-/m1/s1. The highest BCUT2D eigenvalue weighted by Crippen LogP contribution is 2.23. The van der Waals surface area contributed by atoms with Crippen LogP contribution in [0.5, 0.6) is 0 Å². The number of hydrogen-bond acceptors (Lipinski definition) is 6. The van der Waals surface area contributed by atoms with E-state index in [0.717, 1.165) is 43.5 Å². The molecule has 0 bridgehead atoms. The van der Waals surface area contributed by atoms with Crippen LogP contribution >= 0.6 is 0 Å². The second kappa shape index (κ2) is 10.1. The fourth-order valence-corrected chi connectivity index (χ4v) is 3.39. The van der Waals surface area contributed by atoms with Crippen LogP contribution in [0.25, 0.3) is 11.3 Å². The molecule has 1 aliphatic rings. The summed E-state index contributed by atoms with van der Waals surface area (Å²) >= 11 is 0. The van der Waals surface area contributed by atoms with Gasteiger partial charge in [0.15, 0.2) is 6.29 Å². The molecule has 3 rings (SSSR count). The number of aliphatic hydroxyl groups excluding tert-OH is 2. The zero-order chi connectivity index (χ0) is 19.9. The quantitative estimate of drug-likeness (QED) is 0.641. The van der Waals surface area contributed by atoms with Crippen LogP contribution in [0.15, 0.2) is 36.5 Å². The van der Waals surface area contributed by atoms with Gasteiger partial charge in [-0.1, -0.05) is 48.4 Å². The zero-order valence-electron chi connectivity index (χ0n) is 16.6. The van der Waals surface area contributed by atoms with Gasteiger partial charge < -0.3 is 19.7 Å². The third-order valence-corrected chi connectivity index (χ3v) is 5.16. The SMILES string of the molecule is CC1O[C@@H](O[C@H](C)CCCCCn2cc(-c3ccccc3)nn2)[C@H](O)C[C@H]1O. The van der Waals surface area contributed by atoms with Crippen LogP contribution in [0, 0.1) is 0 Å². The highest BCUT2D eigenvalue weighted by molar-refractivity contribution is 5.57. The molecular weight excluding hydrogens is 358 g/mol. The third kappa shape index (κ3) is 5.85. The lowest BCUT2D eigenvalue weighted by Crippen LogP contribution is -2.48. The molecule has 0 amide bonds. The van der Waals surface area contributed by atoms with Crippen LogP contribution in [-0.4, -0.2) is 55.9 Å². The van der Waals surface area contributed by atoms with E-state index in [1.54, 1.807) is 6.92 Å². The van der Waals surface area contributed by atoms with Gasteiger partial charge in [-0.05, 0) is 26.7 Å². The number of benzene rings is 1. The molecule has 5 atom stereocenters. The summed E-state index contributed by atoms with van der Waals surface area (Å²) in [7, 11) is 0. The summed E-state index contributed by atoms with van der Waals surface area (Å²) in [6.45, 7) is 4.63. The first kappa shape index (κ1) is 20.9. The van der Waals surface area contributed by atoms with E-state index in [9.17, 15) is 10.2 Å². The van der Waals surface area contributed by atoms with E-state index in [0.29, 0.717) is 6.42 Å². The fraction of sp³-hybridized carbons (Fsp3) is 0.619. The fourth-order valence-electron chi connectivity index (χ4n) is 3.39. The normalized spacial score (nSPS) is 26.3. The number of ether oxygens (including phenoxy) is 2. The molecule has 0 radical (unpaired) electrons. The van der Waals surface area contributed by atoms with Crippen molar-refractivity contribution < 1.29 is 19.7 Å². The molecule has 1 fully saturated rings. The van der Waals surface area contributed by atoms with Crippen LogP contribution in [-0.2, 0) is 16.0 Å². The molecule has 1 aromatic heterocycles. The largest absolute Gasteiger partial charge is 0.390 e. The topological polar surface area (TPSA) is 89.6 Å². The van der Waals surface area contributed by atoms with Crippen LogP contribution in [0.2, 0.25) is 0 Å². The van der Waals surface area contributed by atoms with E-state index in [1.165, 1.54) is 0 Å². The van der Waals surface area contributed by atoms with Gasteiger partial charge in [-0.3, -0.25) is 4.68 Å². The summed E-state index contributed by atoms with van der Waals surface area (Å²) in [4.78, 5) is 0. The maximum atomic E-state index is 10.0. The first-order valence-corrected chi connectivity index (χ1v) is 10.2. The molecule has 2 aromatic rings. The Balaban J connectivity index is 1.32. The highest BCUT2D eigenvalue weighted by Gasteiger charge is 2.35. The Morgan fingerprint density at radius 2 is 1.96 bits per heavy atom. The van der Waals surface area contributed by atoms with Crippen molar-refractivity contribution in [2.45, 2.75) is 83.2 Å². The van der Waals surface area contributed by atoms with Crippen molar-refractivity contribution in [1.29, 1.82) is 0 Å². The average Bonchev–Trinajstić information content (AvgIpc) is 3.15. The smallest absolute Gasteiger partial charge is 0.184 e. The molecule has 1 saturated heterocycles. The predicted octanol–water partition coefficient (Wildman–Crippen LogP) is 2.77. The number of rotatable bonds is 9. The van der Waals surface area contributed by atoms with E-state index in [4.69, 9.17) is 9.47 Å². The van der Waals surface area contributed by atoms with E-state index in [-0.39, 0.29) is 12.2 Å². The molecule has 0 aliphatic carbocycles. The lowest BCUT2D eigenvalue weighted by atomic mass is 10.0. The van der Waals surface area contributed by atoms with Crippen molar-refractivity contribution >= 4 is 0 Å². The molecule has 2 N–H and O–H groups in total. The first-order valence-electron chi connectivity index (χ1n) is 10.2. The van der Waals surface area contributed by atoms with Gasteiger partial charge in [-0.25, -0.2) is 0 Å². The number of nitrogens with zero attached hydrogens (tertiary/aromatic N) is 3. The minimum atomic E-state index is -0.778. The van der Waals surface area contributed by atoms with Gasteiger partial charge in [0, 0.05) is 18.5 Å². The highest BCUT2D eigenvalue weighted by atomic mass is 16.7. The van der Waals surface area contributed by atoms with Gasteiger partial charge in [0.25, 0.3) is 0 Å². The van der Waals surface area contributed by atoms with Gasteiger partial charge in [0.1, 0.15) is 11.8 Å². The number of unbranched alkanes of at least 4 members (excludes halogenated alkanes) is 2. The lowest BCUT2D eigenvalue weighted by Gasteiger charge is -2.36. The van der Waals surface area contributed by atoms with E-state index >= 15 is 0 Å². The van der Waals surface area contributed by atoms with Gasteiger partial charge in [-0.15, -0.1) is 5.10 Å². The predicted molar refractivity (Wildman–Crippen MR) is 105 cm³/mol. The Bertz CT molecular complexity index is 709. The summed E-state index contributed by atoms with van der Waals surface area (Å²) in [5.74, 6) is 0. The third-order valence-electron chi connectivity index (χ3n) is 5.16. The van der Waals surface area contributed by atoms with Crippen molar-refractivity contribution in [2.75, 3.05) is 0 Å². The summed E-state index contributed by atoms with van der Waals surface area (Å²) in [6, 6.07) is 10.0. The van der Waals surface area contributed by atoms with Gasteiger partial charge in [0.05, 0.1) is 24.5 Å². The molecule has 28 heavy (non-hydrogen) atoms. The molecule has 1 aromatic carbocycles. The summed E-state index contributed by atoms with van der Waals surface area (Å²) in [5.41, 5.74) is 1.97. The van der Waals surface area contributed by atoms with Crippen molar-refractivity contribution in [3.05, 3.63) is 36.5 Å². The zero-order valence-corrected chi connectivity index (χ0v) is 16.6. The minimum absolute atomic E-state index is 0.00172. The van der Waals surface area contributed by atoms with Gasteiger partial charge in [-0.2, -0.15) is 0 Å². The van der Waals surface area contributed by atoms with Crippen LogP contribution in [0.4, 0.5) is 0 Å². The number of hydrogen-bond donors (Lipinski definition) is 2. The van der Waals surface area contributed by atoms with Gasteiger partial charge >= 0.3 is 0 Å². The van der Waals surface area contributed by atoms with Crippen molar-refractivity contribution in [3.8, 4) is 11.3 Å². The Hall–Kier alpha value is -1.80. The van der Waals surface area contributed by atoms with Crippen molar-refractivity contribution in [3.63, 3.8) is 0 Å². The lowest BCUT2D eigenvalue weighted by molar-refractivity contribution is -0.273. The van der Waals surface area contributed by atoms with Crippen LogP contribution in [0.1, 0.15) is 46.0 Å². The molecule has 7 heteroatoms. The monoisotopic (exact) mass is 389 g/mol. The molecule has 2 heterocycles. The Kier molecular flexibility index (Phi) is 7.56. The number of aryl methyl sites for hydroxylation is 1. The van der Waals surface area contributed by atoms with E-state index in [2.05, 4.69) is 10.3 Å². The molecule has 154 valence electrons. The average molecular weight is 389 g/mol. The molecule has 0 saturated carbocycles. The minimum Gasteiger partial charge on any atom is -0.390 e. The molecule has 0 spiro atoms. The summed E-state index contributed by atoms with van der Waals surface area (Å²) in [5, 5.41) is 28.1. The van der Waals surface area contributed by atoms with E-state index in [1.807, 2.05) is 48.1 Å². The number of aromatic nitrogens is 3. The first-order chi connectivity index (χ1) is 13.5. The summed E-state index contributed by atoms with van der Waals surface area (Å²) in [6.07, 6.45) is 3.91. The Labute approximate surface area is 166 Å². The second-order valence-electron chi connectivity index (χ2n) is 7.61. The van der Waals surface area contributed by atoms with Crippen LogP contribution in [0.3, 0.4) is 0 Å². The van der Waals surface area contributed by atoms with Crippen LogP contribution < -0.4 is 0 Å². The number of aliphatic hydroxyl groups is 2. The van der Waals surface area contributed by atoms with Gasteiger partial charge in [0.2, 0.25) is 0 Å². The second-order valence-corrected chi connectivity index (χ2v) is 7.61. The Morgan fingerprint density at radius 3 is 2.75 bits per heavy atom.